The zero-order valence-corrected chi connectivity index (χ0v) is 15.1. The first-order valence-corrected chi connectivity index (χ1v) is 8.61. The van der Waals surface area contributed by atoms with Crippen LogP contribution in [0.1, 0.15) is 5.56 Å². The van der Waals surface area contributed by atoms with Crippen molar-refractivity contribution in [1.82, 2.24) is 9.88 Å². The van der Waals surface area contributed by atoms with Crippen molar-refractivity contribution in [2.24, 2.45) is 0 Å². The number of methoxy groups -OCH3 is 1. The number of ether oxygens (including phenoxy) is 1. The molecule has 1 atom stereocenters. The molecular formula is C20H19ClN2O3. The Morgan fingerprint density at radius 1 is 1.12 bits per heavy atom. The number of esters is 1. The molecule has 2 aromatic carbocycles. The van der Waals surface area contributed by atoms with Gasteiger partial charge in [-0.05, 0) is 23.8 Å². The van der Waals surface area contributed by atoms with Gasteiger partial charge >= 0.3 is 5.97 Å². The van der Waals surface area contributed by atoms with Crippen LogP contribution in [0.25, 0.3) is 10.9 Å². The second-order valence-corrected chi connectivity index (χ2v) is 6.36. The zero-order valence-electron chi connectivity index (χ0n) is 14.3. The summed E-state index contributed by atoms with van der Waals surface area (Å²) >= 11 is 6.17. The number of hydrogen-bond acceptors (Lipinski definition) is 3. The molecule has 0 radical (unpaired) electrons. The second-order valence-electron chi connectivity index (χ2n) is 5.95. The van der Waals surface area contributed by atoms with E-state index in [0.717, 1.165) is 16.5 Å². The lowest BCUT2D eigenvalue weighted by atomic mass is 10.1. The zero-order chi connectivity index (χ0) is 18.5. The molecule has 1 heterocycles. The van der Waals surface area contributed by atoms with Crippen LogP contribution in [0.3, 0.4) is 0 Å². The number of nitrogens with one attached hydrogen (secondary N) is 1. The van der Waals surface area contributed by atoms with Gasteiger partial charge in [-0.2, -0.15) is 0 Å². The predicted octanol–water partition coefficient (Wildman–Crippen LogP) is 3.20. The number of carbonyl (C=O) groups is 2. The van der Waals surface area contributed by atoms with E-state index < -0.39 is 12.0 Å². The Kier molecular flexibility index (Phi) is 5.58. The number of fused-ring (bicyclic) bond motifs is 1. The van der Waals surface area contributed by atoms with E-state index in [-0.39, 0.29) is 12.5 Å². The van der Waals surface area contributed by atoms with Gasteiger partial charge in [0.2, 0.25) is 5.91 Å². The minimum atomic E-state index is -0.736. The van der Waals surface area contributed by atoms with Crippen molar-refractivity contribution in [3.8, 4) is 0 Å². The first kappa shape index (κ1) is 18.0. The monoisotopic (exact) mass is 370 g/mol. The van der Waals surface area contributed by atoms with Crippen molar-refractivity contribution in [2.75, 3.05) is 7.11 Å². The average molecular weight is 371 g/mol. The molecule has 0 saturated carbocycles. The van der Waals surface area contributed by atoms with Gasteiger partial charge in [-0.15, -0.1) is 0 Å². The van der Waals surface area contributed by atoms with E-state index >= 15 is 0 Å². The Bertz CT molecular complexity index is 921. The highest BCUT2D eigenvalue weighted by atomic mass is 35.5. The summed E-state index contributed by atoms with van der Waals surface area (Å²) in [6.07, 6.45) is 2.18. The Morgan fingerprint density at radius 2 is 1.88 bits per heavy atom. The summed E-state index contributed by atoms with van der Waals surface area (Å²) in [5.74, 6) is -0.739. The number of amides is 1. The molecule has 0 unspecified atom stereocenters. The highest BCUT2D eigenvalue weighted by Crippen LogP contribution is 2.24. The van der Waals surface area contributed by atoms with Crippen LogP contribution in [0.5, 0.6) is 0 Å². The van der Waals surface area contributed by atoms with Gasteiger partial charge in [-0.1, -0.05) is 48.0 Å². The topological polar surface area (TPSA) is 60.3 Å². The van der Waals surface area contributed by atoms with Gasteiger partial charge in [-0.3, -0.25) is 4.79 Å². The first-order chi connectivity index (χ1) is 12.6. The number of rotatable bonds is 6. The molecule has 0 saturated heterocycles. The van der Waals surface area contributed by atoms with E-state index in [0.29, 0.717) is 11.4 Å². The maximum absolute atomic E-state index is 12.5. The van der Waals surface area contributed by atoms with Gasteiger partial charge in [0.15, 0.2) is 0 Å². The number of hydrogen-bond donors (Lipinski definition) is 1. The van der Waals surface area contributed by atoms with Gasteiger partial charge in [0.1, 0.15) is 12.6 Å². The number of nitrogens with zero attached hydrogens (tertiary/aromatic N) is 1. The predicted molar refractivity (Wildman–Crippen MR) is 101 cm³/mol. The van der Waals surface area contributed by atoms with Gasteiger partial charge in [0, 0.05) is 28.5 Å². The molecule has 26 heavy (non-hydrogen) atoms. The van der Waals surface area contributed by atoms with Gasteiger partial charge in [0.25, 0.3) is 0 Å². The molecule has 6 heteroatoms. The third kappa shape index (κ3) is 4.06. The number of halogens is 1. The molecular weight excluding hydrogens is 352 g/mol. The summed E-state index contributed by atoms with van der Waals surface area (Å²) in [4.78, 5) is 24.5. The van der Waals surface area contributed by atoms with Crippen LogP contribution < -0.4 is 5.32 Å². The minimum Gasteiger partial charge on any atom is -0.467 e. The summed E-state index contributed by atoms with van der Waals surface area (Å²) in [5.41, 5.74) is 1.81. The van der Waals surface area contributed by atoms with Gasteiger partial charge in [0.05, 0.1) is 7.11 Å². The number of benzene rings is 2. The fourth-order valence-electron chi connectivity index (χ4n) is 2.90. The summed E-state index contributed by atoms with van der Waals surface area (Å²) in [6, 6.07) is 16.2. The smallest absolute Gasteiger partial charge is 0.328 e. The van der Waals surface area contributed by atoms with Crippen molar-refractivity contribution in [3.05, 3.63) is 71.4 Å². The molecule has 5 nitrogen and oxygen atoms in total. The van der Waals surface area contributed by atoms with Crippen molar-refractivity contribution in [1.29, 1.82) is 0 Å². The minimum absolute atomic E-state index is 0.0894. The maximum atomic E-state index is 12.5. The average Bonchev–Trinajstić information content (AvgIpc) is 3.05. The fraction of sp³-hybridized carbons (Fsp3) is 0.200. The molecule has 3 aromatic rings. The van der Waals surface area contributed by atoms with Crippen LogP contribution >= 0.6 is 11.6 Å². The summed E-state index contributed by atoms with van der Waals surface area (Å²) in [5, 5.41) is 4.29. The van der Waals surface area contributed by atoms with Crippen LogP contribution in [0, 0.1) is 0 Å². The van der Waals surface area contributed by atoms with E-state index in [4.69, 9.17) is 16.3 Å². The van der Waals surface area contributed by atoms with E-state index in [2.05, 4.69) is 5.32 Å². The molecule has 1 aromatic heterocycles. The molecule has 0 spiro atoms. The van der Waals surface area contributed by atoms with Crippen LogP contribution in [0.15, 0.2) is 60.8 Å². The number of aromatic nitrogens is 1. The van der Waals surface area contributed by atoms with Crippen LogP contribution in [-0.2, 0) is 27.3 Å². The molecule has 0 fully saturated rings. The molecule has 0 aliphatic carbocycles. The SMILES string of the molecule is COC(=O)[C@H](Cc1ccccc1)NC(=O)Cn1ccc2c(Cl)cccc21. The quantitative estimate of drug-likeness (QED) is 0.678. The van der Waals surface area contributed by atoms with E-state index in [9.17, 15) is 9.59 Å². The molecule has 1 N–H and O–H groups in total. The second kappa shape index (κ2) is 8.06. The van der Waals surface area contributed by atoms with Crippen LogP contribution in [-0.4, -0.2) is 29.6 Å². The third-order valence-corrected chi connectivity index (χ3v) is 4.51. The lowest BCUT2D eigenvalue weighted by molar-refractivity contribution is -0.145. The Hall–Kier alpha value is -2.79. The molecule has 3 rings (SSSR count). The van der Waals surface area contributed by atoms with Crippen molar-refractivity contribution < 1.29 is 14.3 Å². The fourth-order valence-corrected chi connectivity index (χ4v) is 3.14. The number of carbonyl (C=O) groups excluding carboxylic acids is 2. The Balaban J connectivity index is 1.73. The molecule has 0 aliphatic heterocycles. The van der Waals surface area contributed by atoms with Crippen LogP contribution in [0.2, 0.25) is 5.02 Å². The van der Waals surface area contributed by atoms with Crippen LogP contribution in [0.4, 0.5) is 0 Å². The largest absolute Gasteiger partial charge is 0.467 e. The molecule has 134 valence electrons. The standard InChI is InChI=1S/C20H19ClN2O3/c1-26-20(25)17(12-14-6-3-2-4-7-14)22-19(24)13-23-11-10-15-16(21)8-5-9-18(15)23/h2-11,17H,12-13H2,1H3,(H,22,24)/t17-/m0/s1. The molecule has 1 amide bonds. The third-order valence-electron chi connectivity index (χ3n) is 4.18. The van der Waals surface area contributed by atoms with E-state index in [1.165, 1.54) is 7.11 Å². The maximum Gasteiger partial charge on any atom is 0.328 e. The molecule has 0 aliphatic rings. The van der Waals surface area contributed by atoms with Gasteiger partial charge < -0.3 is 14.6 Å². The van der Waals surface area contributed by atoms with Crippen molar-refractivity contribution in [2.45, 2.75) is 19.0 Å². The highest BCUT2D eigenvalue weighted by Gasteiger charge is 2.22. The Labute approximate surface area is 156 Å². The normalized spacial score (nSPS) is 11.9. The van der Waals surface area contributed by atoms with E-state index in [1.54, 1.807) is 16.8 Å². The lowest BCUT2D eigenvalue weighted by Gasteiger charge is -2.17. The first-order valence-electron chi connectivity index (χ1n) is 8.23. The van der Waals surface area contributed by atoms with E-state index in [1.807, 2.05) is 48.5 Å². The summed E-state index contributed by atoms with van der Waals surface area (Å²) < 4.78 is 6.63. The highest BCUT2D eigenvalue weighted by molar-refractivity contribution is 6.35. The van der Waals surface area contributed by atoms with Gasteiger partial charge in [-0.25, -0.2) is 4.79 Å². The summed E-state index contributed by atoms with van der Waals surface area (Å²) in [6.45, 7) is 0.0894. The Morgan fingerprint density at radius 3 is 2.62 bits per heavy atom. The summed E-state index contributed by atoms with van der Waals surface area (Å²) in [7, 11) is 1.31. The lowest BCUT2D eigenvalue weighted by Crippen LogP contribution is -2.44. The van der Waals surface area contributed by atoms with Crippen molar-refractivity contribution >= 4 is 34.4 Å². The van der Waals surface area contributed by atoms with Crippen molar-refractivity contribution in [3.63, 3.8) is 0 Å². The molecule has 0 bridgehead atoms.